The molecule has 1 saturated heterocycles. The van der Waals surface area contributed by atoms with Crippen molar-refractivity contribution in [2.24, 2.45) is 5.92 Å². The van der Waals surface area contributed by atoms with Crippen molar-refractivity contribution in [1.82, 2.24) is 10.2 Å². The van der Waals surface area contributed by atoms with Crippen LogP contribution < -0.4 is 14.8 Å². The molecule has 1 saturated carbocycles. The molecule has 9 nitrogen and oxygen atoms in total. The number of nitrogens with one attached hydrogen (secondary N) is 1. The number of esters is 2. The number of hydrogen-bond donors (Lipinski definition) is 1. The van der Waals surface area contributed by atoms with E-state index >= 15 is 0 Å². The van der Waals surface area contributed by atoms with Crippen LogP contribution in [0.15, 0.2) is 24.3 Å². The highest BCUT2D eigenvalue weighted by Gasteiger charge is 2.52. The second-order valence-electron chi connectivity index (χ2n) is 7.83. The molecule has 2 aliphatic rings. The Hall–Kier alpha value is -3.36. The first kappa shape index (κ1) is 22.3. The van der Waals surface area contributed by atoms with Gasteiger partial charge in [-0.15, -0.1) is 0 Å². The van der Waals surface area contributed by atoms with E-state index in [4.69, 9.17) is 9.47 Å². The predicted molar refractivity (Wildman–Crippen MR) is 110 cm³/mol. The standard InChI is InChI=1S/C22H26N2O7/c1-14-8-10-22(11-9-14)20(27)24(21(28)23-22)13-19(26)31-16-6-4-15(12-17(16)29-2)5-7-18(25)30-3/h4-7,12,14H,8-11,13H2,1-3H3,(H,23,28)/b7-5+. The van der Waals surface area contributed by atoms with Gasteiger partial charge in [-0.05, 0) is 55.4 Å². The molecule has 1 spiro atoms. The van der Waals surface area contributed by atoms with Gasteiger partial charge in [0.2, 0.25) is 0 Å². The molecular formula is C22H26N2O7. The van der Waals surface area contributed by atoms with Crippen molar-refractivity contribution in [1.29, 1.82) is 0 Å². The second kappa shape index (κ2) is 9.20. The summed E-state index contributed by atoms with van der Waals surface area (Å²) in [5, 5.41) is 2.78. The Morgan fingerprint density at radius 2 is 1.90 bits per heavy atom. The monoisotopic (exact) mass is 430 g/mol. The molecular weight excluding hydrogens is 404 g/mol. The number of carbonyl (C=O) groups excluding carboxylic acids is 4. The van der Waals surface area contributed by atoms with Crippen molar-refractivity contribution in [2.45, 2.75) is 38.1 Å². The SMILES string of the molecule is COC(=O)/C=C/c1ccc(OC(=O)CN2C(=O)NC3(CCC(C)CC3)C2=O)c(OC)c1. The van der Waals surface area contributed by atoms with E-state index in [-0.39, 0.29) is 17.4 Å². The lowest BCUT2D eigenvalue weighted by Crippen LogP contribution is -2.49. The van der Waals surface area contributed by atoms with Crippen LogP contribution in [0.2, 0.25) is 0 Å². The van der Waals surface area contributed by atoms with Crippen molar-refractivity contribution < 1.29 is 33.4 Å². The maximum atomic E-state index is 12.9. The number of carbonyl (C=O) groups is 4. The summed E-state index contributed by atoms with van der Waals surface area (Å²) in [7, 11) is 2.68. The number of amides is 3. The molecule has 1 N–H and O–H groups in total. The zero-order valence-corrected chi connectivity index (χ0v) is 17.8. The van der Waals surface area contributed by atoms with Crippen molar-refractivity contribution >= 4 is 30.0 Å². The van der Waals surface area contributed by atoms with Gasteiger partial charge < -0.3 is 19.5 Å². The molecule has 0 unspecified atom stereocenters. The van der Waals surface area contributed by atoms with Crippen LogP contribution in [0.4, 0.5) is 4.79 Å². The third-order valence-corrected chi connectivity index (χ3v) is 5.69. The lowest BCUT2D eigenvalue weighted by Gasteiger charge is -2.33. The highest BCUT2D eigenvalue weighted by atomic mass is 16.6. The predicted octanol–water partition coefficient (Wildman–Crippen LogP) is 2.29. The molecule has 0 bridgehead atoms. The van der Waals surface area contributed by atoms with Crippen LogP contribution in [-0.4, -0.2) is 55.1 Å². The number of urea groups is 1. The highest BCUT2D eigenvalue weighted by molar-refractivity contribution is 6.08. The van der Waals surface area contributed by atoms with Gasteiger partial charge in [-0.25, -0.2) is 14.4 Å². The largest absolute Gasteiger partial charge is 0.493 e. The summed E-state index contributed by atoms with van der Waals surface area (Å²) in [5.74, 6) is -0.746. The van der Waals surface area contributed by atoms with Crippen LogP contribution in [0.5, 0.6) is 11.5 Å². The minimum absolute atomic E-state index is 0.135. The van der Waals surface area contributed by atoms with Crippen molar-refractivity contribution in [3.8, 4) is 11.5 Å². The maximum Gasteiger partial charge on any atom is 0.331 e. The molecule has 3 rings (SSSR count). The third kappa shape index (κ3) is 4.87. The average molecular weight is 430 g/mol. The van der Waals surface area contributed by atoms with Crippen LogP contribution in [-0.2, 0) is 19.1 Å². The first-order valence-corrected chi connectivity index (χ1v) is 10.1. The smallest absolute Gasteiger partial charge is 0.331 e. The Bertz CT molecular complexity index is 916. The molecule has 1 heterocycles. The number of nitrogens with zero attached hydrogens (tertiary/aromatic N) is 1. The van der Waals surface area contributed by atoms with Crippen LogP contribution in [0, 0.1) is 5.92 Å². The van der Waals surface area contributed by atoms with E-state index in [1.54, 1.807) is 12.1 Å². The molecule has 1 aromatic carbocycles. The Morgan fingerprint density at radius 1 is 1.19 bits per heavy atom. The zero-order chi connectivity index (χ0) is 22.6. The van der Waals surface area contributed by atoms with Crippen LogP contribution in [0.25, 0.3) is 6.08 Å². The van der Waals surface area contributed by atoms with Crippen LogP contribution >= 0.6 is 0 Å². The van der Waals surface area contributed by atoms with Gasteiger partial charge in [0, 0.05) is 6.08 Å². The lowest BCUT2D eigenvalue weighted by molar-refractivity contribution is -0.141. The number of methoxy groups -OCH3 is 2. The number of hydrogen-bond acceptors (Lipinski definition) is 7. The van der Waals surface area contributed by atoms with Crippen LogP contribution in [0.1, 0.15) is 38.2 Å². The fraction of sp³-hybridized carbons (Fsp3) is 0.455. The molecule has 1 aromatic rings. The van der Waals surface area contributed by atoms with E-state index in [0.29, 0.717) is 24.3 Å². The minimum Gasteiger partial charge on any atom is -0.493 e. The van der Waals surface area contributed by atoms with Gasteiger partial charge in [0.15, 0.2) is 11.5 Å². The average Bonchev–Trinajstić information content (AvgIpc) is 2.98. The fourth-order valence-electron chi connectivity index (χ4n) is 3.80. The van der Waals surface area contributed by atoms with E-state index in [9.17, 15) is 19.2 Å². The molecule has 3 amide bonds. The number of rotatable bonds is 6. The van der Waals surface area contributed by atoms with Crippen molar-refractivity contribution in [2.75, 3.05) is 20.8 Å². The normalized spacial score (nSPS) is 23.2. The topological polar surface area (TPSA) is 111 Å². The zero-order valence-electron chi connectivity index (χ0n) is 17.8. The molecule has 0 aromatic heterocycles. The molecule has 2 fully saturated rings. The summed E-state index contributed by atoms with van der Waals surface area (Å²) < 4.78 is 15.1. The summed E-state index contributed by atoms with van der Waals surface area (Å²) in [4.78, 5) is 49.8. The Morgan fingerprint density at radius 3 is 2.55 bits per heavy atom. The first-order valence-electron chi connectivity index (χ1n) is 10.1. The molecule has 0 atom stereocenters. The molecule has 31 heavy (non-hydrogen) atoms. The van der Waals surface area contributed by atoms with Gasteiger partial charge >= 0.3 is 18.0 Å². The summed E-state index contributed by atoms with van der Waals surface area (Å²) in [6, 6.07) is 4.13. The number of ether oxygens (including phenoxy) is 3. The summed E-state index contributed by atoms with van der Waals surface area (Å²) >= 11 is 0. The number of benzene rings is 1. The second-order valence-corrected chi connectivity index (χ2v) is 7.83. The van der Waals surface area contributed by atoms with Gasteiger partial charge in [0.25, 0.3) is 5.91 Å². The third-order valence-electron chi connectivity index (χ3n) is 5.69. The minimum atomic E-state index is -0.908. The van der Waals surface area contributed by atoms with Gasteiger partial charge in [0.1, 0.15) is 12.1 Å². The molecule has 1 aliphatic carbocycles. The molecule has 0 radical (unpaired) electrons. The maximum absolute atomic E-state index is 12.9. The van der Waals surface area contributed by atoms with E-state index in [2.05, 4.69) is 17.0 Å². The Kier molecular flexibility index (Phi) is 6.62. The van der Waals surface area contributed by atoms with Gasteiger partial charge in [-0.1, -0.05) is 13.0 Å². The van der Waals surface area contributed by atoms with E-state index in [1.807, 2.05) is 0 Å². The van der Waals surface area contributed by atoms with E-state index in [0.717, 1.165) is 17.7 Å². The first-order chi connectivity index (χ1) is 14.8. The Balaban J connectivity index is 1.66. The highest BCUT2D eigenvalue weighted by Crippen LogP contribution is 2.36. The Labute approximate surface area is 180 Å². The summed E-state index contributed by atoms with van der Waals surface area (Å²) in [5.41, 5.74) is -0.278. The van der Waals surface area contributed by atoms with E-state index in [1.165, 1.54) is 32.4 Å². The summed E-state index contributed by atoms with van der Waals surface area (Å²) in [6.07, 6.45) is 5.60. The molecule has 9 heteroatoms. The van der Waals surface area contributed by atoms with E-state index < -0.39 is 30.1 Å². The van der Waals surface area contributed by atoms with Crippen molar-refractivity contribution in [3.05, 3.63) is 29.8 Å². The molecule has 1 aliphatic heterocycles. The lowest BCUT2D eigenvalue weighted by atomic mass is 9.77. The van der Waals surface area contributed by atoms with Crippen molar-refractivity contribution in [3.63, 3.8) is 0 Å². The number of imide groups is 1. The quantitative estimate of drug-likeness (QED) is 0.319. The molecule has 166 valence electrons. The van der Waals surface area contributed by atoms with Gasteiger partial charge in [0.05, 0.1) is 14.2 Å². The van der Waals surface area contributed by atoms with Gasteiger partial charge in [-0.2, -0.15) is 0 Å². The fourth-order valence-corrected chi connectivity index (χ4v) is 3.80. The van der Waals surface area contributed by atoms with Gasteiger partial charge in [-0.3, -0.25) is 9.69 Å². The summed E-state index contributed by atoms with van der Waals surface area (Å²) in [6.45, 7) is 1.63. The van der Waals surface area contributed by atoms with Crippen LogP contribution in [0.3, 0.4) is 0 Å².